The molecule has 4 aromatic carbocycles. The average Bonchev–Trinajstić information content (AvgIpc) is 2.93. The van der Waals surface area contributed by atoms with E-state index in [4.69, 9.17) is 0 Å². The average molecular weight is 530 g/mol. The topological polar surface area (TPSA) is 80.3 Å². The molecule has 1 N–H and O–H groups in total. The summed E-state index contributed by atoms with van der Waals surface area (Å²) in [5.74, 6) is -2.53. The maximum Gasteiger partial charge on any atom is 0.240 e. The second kappa shape index (κ2) is 12.1. The Kier molecular flexibility index (Phi) is 8.61. The quantitative estimate of drug-likeness (QED) is 0.243. The molecule has 0 aliphatic carbocycles. The van der Waals surface area contributed by atoms with Crippen LogP contribution >= 0.6 is 0 Å². The van der Waals surface area contributed by atoms with Crippen LogP contribution in [0.2, 0.25) is 0 Å². The fourth-order valence-corrected chi connectivity index (χ4v) is 5.44. The summed E-state index contributed by atoms with van der Waals surface area (Å²) in [6.45, 7) is 1.65. The molecule has 2 unspecified atom stereocenters. The molecule has 0 amide bonds. The lowest BCUT2D eigenvalue weighted by atomic mass is 9.78. The SMILES string of the molecule is Cc1ccc(S(=O)(=O)NCC(C(=O)c2ccccc2)C(CC(=O)c2ccc(F)cc2)c2ccccc2)cc1. The molecule has 194 valence electrons. The van der Waals surface area contributed by atoms with Crippen LogP contribution in [0.1, 0.15) is 44.2 Å². The molecule has 0 bridgehead atoms. The maximum absolute atomic E-state index is 13.8. The van der Waals surface area contributed by atoms with Gasteiger partial charge < -0.3 is 0 Å². The first-order chi connectivity index (χ1) is 18.2. The number of carbonyl (C=O) groups excluding carboxylic acids is 2. The summed E-state index contributed by atoms with van der Waals surface area (Å²) in [7, 11) is -3.92. The predicted molar refractivity (Wildman–Crippen MR) is 145 cm³/mol. The van der Waals surface area contributed by atoms with Crippen molar-refractivity contribution in [3.05, 3.63) is 137 Å². The number of aryl methyl sites for hydroxylation is 1. The van der Waals surface area contributed by atoms with Crippen LogP contribution in [-0.4, -0.2) is 26.5 Å². The molecule has 38 heavy (non-hydrogen) atoms. The first kappa shape index (κ1) is 27.1. The van der Waals surface area contributed by atoms with E-state index in [0.717, 1.165) is 11.1 Å². The van der Waals surface area contributed by atoms with Gasteiger partial charge in [0.05, 0.1) is 4.90 Å². The van der Waals surface area contributed by atoms with Crippen molar-refractivity contribution < 1.29 is 22.4 Å². The van der Waals surface area contributed by atoms with Crippen molar-refractivity contribution in [1.82, 2.24) is 4.72 Å². The summed E-state index contributed by atoms with van der Waals surface area (Å²) in [6, 6.07) is 29.4. The fraction of sp³-hybridized carbons (Fsp3) is 0.161. The minimum absolute atomic E-state index is 0.0643. The number of hydrogen-bond donors (Lipinski definition) is 1. The summed E-state index contributed by atoms with van der Waals surface area (Å²) in [6.07, 6.45) is -0.0643. The van der Waals surface area contributed by atoms with Crippen molar-refractivity contribution >= 4 is 21.6 Å². The number of halogens is 1. The summed E-state index contributed by atoms with van der Waals surface area (Å²) in [5.41, 5.74) is 2.39. The number of rotatable bonds is 11. The highest BCUT2D eigenvalue weighted by atomic mass is 32.2. The lowest BCUT2D eigenvalue weighted by Gasteiger charge is -2.27. The maximum atomic E-state index is 13.8. The van der Waals surface area contributed by atoms with E-state index in [9.17, 15) is 22.4 Å². The van der Waals surface area contributed by atoms with Crippen molar-refractivity contribution in [2.24, 2.45) is 5.92 Å². The largest absolute Gasteiger partial charge is 0.294 e. The van der Waals surface area contributed by atoms with Crippen LogP contribution in [-0.2, 0) is 10.0 Å². The molecule has 0 aliphatic rings. The van der Waals surface area contributed by atoms with Gasteiger partial charge in [-0.05, 0) is 48.9 Å². The van der Waals surface area contributed by atoms with Crippen molar-refractivity contribution in [2.75, 3.05) is 6.54 Å². The van der Waals surface area contributed by atoms with Crippen molar-refractivity contribution in [2.45, 2.75) is 24.2 Å². The van der Waals surface area contributed by atoms with E-state index in [1.807, 2.05) is 37.3 Å². The molecule has 0 heterocycles. The molecule has 0 aromatic heterocycles. The van der Waals surface area contributed by atoms with E-state index in [1.165, 1.54) is 36.4 Å². The molecule has 7 heteroatoms. The zero-order chi connectivity index (χ0) is 27.1. The first-order valence-corrected chi connectivity index (χ1v) is 13.7. The van der Waals surface area contributed by atoms with Gasteiger partial charge in [0.1, 0.15) is 5.82 Å². The monoisotopic (exact) mass is 529 g/mol. The van der Waals surface area contributed by atoms with E-state index in [2.05, 4.69) is 4.72 Å². The Morgan fingerprint density at radius 2 is 1.34 bits per heavy atom. The third kappa shape index (κ3) is 6.68. The third-order valence-corrected chi connectivity index (χ3v) is 7.94. The molecule has 4 rings (SSSR count). The lowest BCUT2D eigenvalue weighted by Crippen LogP contribution is -2.37. The molecule has 5 nitrogen and oxygen atoms in total. The van der Waals surface area contributed by atoms with Crippen molar-refractivity contribution in [1.29, 1.82) is 0 Å². The summed E-state index contributed by atoms with van der Waals surface area (Å²) < 4.78 is 42.3. The lowest BCUT2D eigenvalue weighted by molar-refractivity contribution is 0.0879. The molecular weight excluding hydrogens is 501 g/mol. The Labute approximate surface area is 222 Å². The van der Waals surface area contributed by atoms with E-state index in [1.54, 1.807) is 42.5 Å². The van der Waals surface area contributed by atoms with Crippen molar-refractivity contribution in [3.63, 3.8) is 0 Å². The van der Waals surface area contributed by atoms with Gasteiger partial charge in [-0.1, -0.05) is 78.4 Å². The minimum atomic E-state index is -3.92. The van der Waals surface area contributed by atoms with Gasteiger partial charge in [-0.25, -0.2) is 17.5 Å². The molecule has 0 radical (unpaired) electrons. The molecule has 0 saturated heterocycles. The molecule has 2 atom stereocenters. The Balaban J connectivity index is 1.71. The molecule has 0 spiro atoms. The Morgan fingerprint density at radius 1 is 0.763 bits per heavy atom. The van der Waals surface area contributed by atoms with E-state index in [0.29, 0.717) is 11.1 Å². The van der Waals surface area contributed by atoms with E-state index in [-0.39, 0.29) is 29.4 Å². The van der Waals surface area contributed by atoms with Gasteiger partial charge in [0.25, 0.3) is 0 Å². The Hall–Kier alpha value is -3.94. The normalized spacial score (nSPS) is 13.0. The number of benzene rings is 4. The van der Waals surface area contributed by atoms with Crippen LogP contribution < -0.4 is 4.72 Å². The van der Waals surface area contributed by atoms with Crippen molar-refractivity contribution in [3.8, 4) is 0 Å². The van der Waals surface area contributed by atoms with Gasteiger partial charge in [-0.3, -0.25) is 9.59 Å². The van der Waals surface area contributed by atoms with Gasteiger partial charge in [0, 0.05) is 35.9 Å². The zero-order valence-corrected chi connectivity index (χ0v) is 21.7. The van der Waals surface area contributed by atoms with Crippen LogP contribution in [0, 0.1) is 18.7 Å². The van der Waals surface area contributed by atoms with E-state index >= 15 is 0 Å². The minimum Gasteiger partial charge on any atom is -0.294 e. The van der Waals surface area contributed by atoms with Crippen LogP contribution in [0.15, 0.2) is 114 Å². The van der Waals surface area contributed by atoms with Gasteiger partial charge in [-0.2, -0.15) is 0 Å². The number of nitrogens with one attached hydrogen (secondary N) is 1. The number of hydrogen-bond acceptors (Lipinski definition) is 4. The Bertz CT molecular complexity index is 1490. The molecular formula is C31H28FNO4S. The van der Waals surface area contributed by atoms with Gasteiger partial charge >= 0.3 is 0 Å². The summed E-state index contributed by atoms with van der Waals surface area (Å²) >= 11 is 0. The second-order valence-electron chi connectivity index (χ2n) is 9.15. The first-order valence-electron chi connectivity index (χ1n) is 12.2. The highest BCUT2D eigenvalue weighted by Crippen LogP contribution is 2.32. The van der Waals surface area contributed by atoms with Crippen LogP contribution in [0.3, 0.4) is 0 Å². The summed E-state index contributed by atoms with van der Waals surface area (Å²) in [5, 5.41) is 0. The zero-order valence-electron chi connectivity index (χ0n) is 20.9. The van der Waals surface area contributed by atoms with Gasteiger partial charge in [-0.15, -0.1) is 0 Å². The number of carbonyl (C=O) groups is 2. The standard InChI is InChI=1S/C31H28FNO4S/c1-22-12-18-27(19-13-22)38(36,37)33-21-29(31(35)25-10-6-3-7-11-25)28(23-8-4-2-5-9-23)20-30(34)24-14-16-26(32)17-15-24/h2-19,28-29,33H,20-21H2,1H3. The molecule has 4 aromatic rings. The molecule has 0 aliphatic heterocycles. The third-order valence-electron chi connectivity index (χ3n) is 6.50. The van der Waals surface area contributed by atoms with Crippen LogP contribution in [0.4, 0.5) is 4.39 Å². The van der Waals surface area contributed by atoms with Crippen LogP contribution in [0.5, 0.6) is 0 Å². The number of ketones is 2. The highest BCUT2D eigenvalue weighted by Gasteiger charge is 2.33. The number of sulfonamides is 1. The van der Waals surface area contributed by atoms with Crippen LogP contribution in [0.25, 0.3) is 0 Å². The molecule has 0 saturated carbocycles. The summed E-state index contributed by atoms with van der Waals surface area (Å²) in [4.78, 5) is 27.2. The van der Waals surface area contributed by atoms with Gasteiger partial charge in [0.15, 0.2) is 11.6 Å². The second-order valence-corrected chi connectivity index (χ2v) is 10.9. The predicted octanol–water partition coefficient (Wildman–Crippen LogP) is 5.97. The van der Waals surface area contributed by atoms with E-state index < -0.39 is 27.7 Å². The smallest absolute Gasteiger partial charge is 0.240 e. The van der Waals surface area contributed by atoms with Gasteiger partial charge in [0.2, 0.25) is 10.0 Å². The highest BCUT2D eigenvalue weighted by molar-refractivity contribution is 7.89. The Morgan fingerprint density at radius 3 is 1.95 bits per heavy atom. The number of Topliss-reactive ketones (excluding diaryl/α,β-unsaturated/α-hetero) is 2. The fourth-order valence-electron chi connectivity index (χ4n) is 4.38. The molecule has 0 fully saturated rings.